The SMILES string of the molecule is COC(=O)C1CC(n2cc(-c3ccccc3)nn2)[C@@H](O[C@@H]2CC(C)[C@@H](O)[C@H](O)C2O)[C@H](O[C@@H]2O[C@@H](CO)[C@H](O)C(O[C@@H](CC3CCCCC3)C(=O)OCc3ccccc3)C2NC(C)=O)C1. The Morgan fingerprint density at radius 2 is 1.57 bits per heavy atom. The van der Waals surface area contributed by atoms with Crippen LogP contribution >= 0.6 is 0 Å². The van der Waals surface area contributed by atoms with Crippen molar-refractivity contribution in [3.05, 3.63) is 72.4 Å². The van der Waals surface area contributed by atoms with Crippen LogP contribution in [0, 0.1) is 17.8 Å². The lowest BCUT2D eigenvalue weighted by Gasteiger charge is -2.49. The minimum Gasteiger partial charge on any atom is -0.469 e. The molecule has 18 nitrogen and oxygen atoms in total. The Morgan fingerprint density at radius 3 is 2.25 bits per heavy atom. The van der Waals surface area contributed by atoms with Crippen LogP contribution in [0.4, 0.5) is 0 Å². The second-order valence-electron chi connectivity index (χ2n) is 18.1. The monoisotopic (exact) mass is 908 g/mol. The molecule has 6 unspecified atom stereocenters. The van der Waals surface area contributed by atoms with E-state index in [1.54, 1.807) is 17.8 Å². The summed E-state index contributed by atoms with van der Waals surface area (Å²) < 4.78 is 39.1. The fourth-order valence-electron chi connectivity index (χ4n) is 9.89. The molecule has 1 saturated heterocycles. The highest BCUT2D eigenvalue weighted by Crippen LogP contribution is 2.42. The number of carbonyl (C=O) groups excluding carboxylic acids is 3. The molecule has 4 aliphatic rings. The summed E-state index contributed by atoms with van der Waals surface area (Å²) in [7, 11) is 1.27. The molecular formula is C47H64N4O14. The molecule has 2 heterocycles. The van der Waals surface area contributed by atoms with Gasteiger partial charge in [-0.3, -0.25) is 9.59 Å². The largest absolute Gasteiger partial charge is 0.469 e. The highest BCUT2D eigenvalue weighted by molar-refractivity contribution is 5.75. The van der Waals surface area contributed by atoms with Gasteiger partial charge in [-0.2, -0.15) is 0 Å². The van der Waals surface area contributed by atoms with Crippen molar-refractivity contribution in [2.45, 2.75) is 158 Å². The van der Waals surface area contributed by atoms with Crippen molar-refractivity contribution in [2.75, 3.05) is 13.7 Å². The maximum absolute atomic E-state index is 14.0. The third kappa shape index (κ3) is 11.8. The van der Waals surface area contributed by atoms with Crippen LogP contribution in [0.3, 0.4) is 0 Å². The van der Waals surface area contributed by atoms with Gasteiger partial charge in [0.2, 0.25) is 5.91 Å². The van der Waals surface area contributed by atoms with Crippen LogP contribution in [0.5, 0.6) is 0 Å². The normalized spacial score (nSPS) is 33.7. The topological polar surface area (TPSA) is 250 Å². The van der Waals surface area contributed by atoms with E-state index in [-0.39, 0.29) is 38.2 Å². The predicted molar refractivity (Wildman–Crippen MR) is 230 cm³/mol. The summed E-state index contributed by atoms with van der Waals surface area (Å²) in [5, 5.41) is 67.0. The van der Waals surface area contributed by atoms with Crippen LogP contribution in [0.25, 0.3) is 11.3 Å². The molecule has 3 saturated carbocycles. The summed E-state index contributed by atoms with van der Waals surface area (Å²) >= 11 is 0. The van der Waals surface area contributed by atoms with Crippen molar-refractivity contribution in [1.29, 1.82) is 0 Å². The molecule has 4 fully saturated rings. The molecule has 0 radical (unpaired) electrons. The molecule has 3 aliphatic carbocycles. The molecule has 356 valence electrons. The summed E-state index contributed by atoms with van der Waals surface area (Å²) in [6.07, 6.45) is -7.40. The van der Waals surface area contributed by atoms with E-state index in [4.69, 9.17) is 28.4 Å². The quantitative estimate of drug-likeness (QED) is 0.113. The maximum atomic E-state index is 14.0. The first-order valence-corrected chi connectivity index (χ1v) is 22.8. The Labute approximate surface area is 378 Å². The van der Waals surface area contributed by atoms with Crippen molar-refractivity contribution in [2.24, 2.45) is 17.8 Å². The molecule has 1 aliphatic heterocycles. The van der Waals surface area contributed by atoms with Crippen LogP contribution < -0.4 is 5.32 Å². The molecule has 18 heteroatoms. The van der Waals surface area contributed by atoms with Gasteiger partial charge in [0.1, 0.15) is 55.0 Å². The van der Waals surface area contributed by atoms with E-state index in [1.807, 2.05) is 60.7 Å². The van der Waals surface area contributed by atoms with Gasteiger partial charge < -0.3 is 59.3 Å². The van der Waals surface area contributed by atoms with E-state index in [0.717, 1.165) is 43.2 Å². The lowest BCUT2D eigenvalue weighted by atomic mass is 9.79. The number of rotatable bonds is 16. The number of aliphatic hydroxyl groups excluding tert-OH is 5. The Kier molecular flexibility index (Phi) is 16.7. The molecule has 1 amide bonds. The van der Waals surface area contributed by atoms with Gasteiger partial charge in [0.05, 0.1) is 50.2 Å². The lowest BCUT2D eigenvalue weighted by molar-refractivity contribution is -0.310. The highest BCUT2D eigenvalue weighted by Gasteiger charge is 2.53. The molecule has 6 N–H and O–H groups in total. The number of methoxy groups -OCH3 is 1. The summed E-state index contributed by atoms with van der Waals surface area (Å²) in [5.41, 5.74) is 2.07. The van der Waals surface area contributed by atoms with Gasteiger partial charge in [-0.1, -0.05) is 105 Å². The third-order valence-electron chi connectivity index (χ3n) is 13.5. The first kappa shape index (κ1) is 48.6. The molecule has 2 aromatic carbocycles. The fraction of sp³-hybridized carbons (Fsp3) is 0.638. The van der Waals surface area contributed by atoms with Crippen LogP contribution in [0.15, 0.2) is 66.9 Å². The van der Waals surface area contributed by atoms with E-state index in [2.05, 4.69) is 15.6 Å². The average Bonchev–Trinajstić information content (AvgIpc) is 3.82. The van der Waals surface area contributed by atoms with Gasteiger partial charge in [0.25, 0.3) is 0 Å². The number of aromatic nitrogens is 3. The lowest BCUT2D eigenvalue weighted by Crippen LogP contribution is -2.67. The van der Waals surface area contributed by atoms with Gasteiger partial charge in [-0.15, -0.1) is 5.10 Å². The summed E-state index contributed by atoms with van der Waals surface area (Å²) in [4.78, 5) is 40.6. The van der Waals surface area contributed by atoms with Crippen molar-refractivity contribution >= 4 is 17.8 Å². The Bertz CT molecular complexity index is 1990. The molecule has 0 spiro atoms. The maximum Gasteiger partial charge on any atom is 0.335 e. The molecule has 1 aromatic heterocycles. The minimum atomic E-state index is -1.57. The summed E-state index contributed by atoms with van der Waals surface area (Å²) in [5.74, 6) is -2.92. The summed E-state index contributed by atoms with van der Waals surface area (Å²) in [6, 6.07) is 16.4. The zero-order valence-corrected chi connectivity index (χ0v) is 37.1. The number of carbonyl (C=O) groups is 3. The highest BCUT2D eigenvalue weighted by atomic mass is 16.7. The zero-order chi connectivity index (χ0) is 46.2. The zero-order valence-electron chi connectivity index (χ0n) is 37.1. The van der Waals surface area contributed by atoms with Gasteiger partial charge >= 0.3 is 11.9 Å². The second-order valence-corrected chi connectivity index (χ2v) is 18.1. The smallest absolute Gasteiger partial charge is 0.335 e. The van der Waals surface area contributed by atoms with Crippen molar-refractivity contribution in [3.8, 4) is 11.3 Å². The van der Waals surface area contributed by atoms with Crippen LogP contribution in [0.2, 0.25) is 0 Å². The average molecular weight is 909 g/mol. The van der Waals surface area contributed by atoms with Crippen LogP contribution in [-0.4, -0.2) is 145 Å². The first-order chi connectivity index (χ1) is 31.3. The van der Waals surface area contributed by atoms with Gasteiger partial charge in [0, 0.05) is 12.5 Å². The number of nitrogens with one attached hydrogen (secondary N) is 1. The number of ether oxygens (including phenoxy) is 6. The number of esters is 2. The number of hydrogen-bond acceptors (Lipinski definition) is 16. The van der Waals surface area contributed by atoms with E-state index >= 15 is 0 Å². The Balaban J connectivity index is 1.24. The second kappa shape index (κ2) is 22.4. The molecule has 3 aromatic rings. The molecular weight excluding hydrogens is 845 g/mol. The fourth-order valence-corrected chi connectivity index (χ4v) is 9.89. The Morgan fingerprint density at radius 1 is 0.862 bits per heavy atom. The standard InChI is InChI=1S/C47H64N4O14/c1-26-19-34(40(55)42(57)39(26)54)62-43-33(51-23-32(49-50-51)30-17-11-6-12-18-30)21-31(45(58)60-3)22-35(43)64-47-38(48-27(2)53)44(41(56)37(24-52)65-47)63-36(20-28-13-7-4-8-14-28)46(59)61-25-29-15-9-5-10-16-29/h5-6,9-12,15-18,23,26,28,31,33-44,47,52,54-57H,4,7-8,13-14,19-22,24-25H2,1-3H3,(H,48,53)/t26?,31?,33?,34-,35-,36+,37+,38?,39-,40?,41+,42+,43-,44?,47-/m1/s1. The predicted octanol–water partition coefficient (Wildman–Crippen LogP) is 2.38. The molecule has 15 atom stereocenters. The molecule has 65 heavy (non-hydrogen) atoms. The van der Waals surface area contributed by atoms with Crippen molar-refractivity contribution in [1.82, 2.24) is 20.3 Å². The van der Waals surface area contributed by atoms with E-state index in [1.165, 1.54) is 14.0 Å². The van der Waals surface area contributed by atoms with Crippen LogP contribution in [0.1, 0.15) is 83.2 Å². The number of aliphatic hydroxyl groups is 5. The number of amides is 1. The van der Waals surface area contributed by atoms with E-state index < -0.39 is 116 Å². The number of hydrogen-bond donors (Lipinski definition) is 6. The summed E-state index contributed by atoms with van der Waals surface area (Å²) in [6.45, 7) is 2.27. The van der Waals surface area contributed by atoms with Gasteiger partial charge in [-0.25, -0.2) is 9.48 Å². The first-order valence-electron chi connectivity index (χ1n) is 22.8. The van der Waals surface area contributed by atoms with Crippen LogP contribution in [-0.2, 0) is 49.4 Å². The number of nitrogens with zero attached hydrogens (tertiary/aromatic N) is 3. The third-order valence-corrected chi connectivity index (χ3v) is 13.5. The van der Waals surface area contributed by atoms with E-state index in [9.17, 15) is 39.9 Å². The van der Waals surface area contributed by atoms with Crippen molar-refractivity contribution < 1.29 is 68.3 Å². The van der Waals surface area contributed by atoms with Gasteiger partial charge in [-0.05, 0) is 43.1 Å². The molecule has 0 bridgehead atoms. The van der Waals surface area contributed by atoms with E-state index in [0.29, 0.717) is 5.69 Å². The Hall–Kier alpha value is -4.37. The van der Waals surface area contributed by atoms with Gasteiger partial charge in [0.15, 0.2) is 12.4 Å². The minimum absolute atomic E-state index is 0.0185. The van der Waals surface area contributed by atoms with Crippen molar-refractivity contribution in [3.63, 3.8) is 0 Å². The number of benzene rings is 2. The molecule has 7 rings (SSSR count).